The fraction of sp³-hybridized carbons (Fsp3) is 0.435. The van der Waals surface area contributed by atoms with Gasteiger partial charge < -0.3 is 19.1 Å². The number of rotatable bonds is 4. The summed E-state index contributed by atoms with van der Waals surface area (Å²) in [4.78, 5) is 14.4. The maximum atomic E-state index is 12.8. The second kappa shape index (κ2) is 8.56. The second-order valence-corrected chi connectivity index (χ2v) is 9.16. The molecule has 2 aromatic rings. The largest absolute Gasteiger partial charge is 0.497 e. The fourth-order valence-corrected chi connectivity index (χ4v) is 4.31. The van der Waals surface area contributed by atoms with Gasteiger partial charge in [-0.15, -0.1) is 0 Å². The molecule has 30 heavy (non-hydrogen) atoms. The van der Waals surface area contributed by atoms with Crippen LogP contribution in [0.25, 0.3) is 0 Å². The van der Waals surface area contributed by atoms with Crippen LogP contribution in [0.1, 0.15) is 55.8 Å². The lowest BCUT2D eigenvalue weighted by Gasteiger charge is -2.29. The van der Waals surface area contributed by atoms with E-state index in [1.54, 1.807) is 32.2 Å². The number of amides is 1. The first kappa shape index (κ1) is 22.6. The van der Waals surface area contributed by atoms with Gasteiger partial charge >= 0.3 is 6.09 Å². The highest BCUT2D eigenvalue weighted by Crippen LogP contribution is 2.51. The molecule has 162 valence electrons. The molecule has 0 fully saturated rings. The van der Waals surface area contributed by atoms with Gasteiger partial charge in [0.25, 0.3) is 0 Å². The van der Waals surface area contributed by atoms with Crippen molar-refractivity contribution >= 4 is 29.3 Å². The summed E-state index contributed by atoms with van der Waals surface area (Å²) in [5, 5.41) is 0.823. The summed E-state index contributed by atoms with van der Waals surface area (Å²) in [6.07, 6.45) is 0.287. The number of methoxy groups -OCH3 is 2. The van der Waals surface area contributed by atoms with Crippen molar-refractivity contribution in [3.63, 3.8) is 0 Å². The Kier molecular flexibility index (Phi) is 6.44. The van der Waals surface area contributed by atoms with Crippen LogP contribution < -0.4 is 9.47 Å². The summed E-state index contributed by atoms with van der Waals surface area (Å²) >= 11 is 12.6. The van der Waals surface area contributed by atoms with Crippen molar-refractivity contribution in [2.75, 3.05) is 21.3 Å². The minimum absolute atomic E-state index is 0.0227. The summed E-state index contributed by atoms with van der Waals surface area (Å²) < 4.78 is 16.6. The Labute approximate surface area is 187 Å². The SMILES string of the molecule is COc1ccc2c(c1)[C@H](N(C)C(=O)OC(C)(C)C)C[C@H]2c1ccc(Cl)c(Cl)c1OC. The fourth-order valence-electron chi connectivity index (χ4n) is 3.91. The highest BCUT2D eigenvalue weighted by molar-refractivity contribution is 6.43. The molecule has 0 saturated carbocycles. The van der Waals surface area contributed by atoms with Gasteiger partial charge in [-0.2, -0.15) is 0 Å². The van der Waals surface area contributed by atoms with E-state index in [9.17, 15) is 4.79 Å². The van der Waals surface area contributed by atoms with E-state index in [-0.39, 0.29) is 18.1 Å². The molecular weight excluding hydrogens is 425 g/mol. The topological polar surface area (TPSA) is 48.0 Å². The lowest BCUT2D eigenvalue weighted by molar-refractivity contribution is 0.0218. The van der Waals surface area contributed by atoms with E-state index < -0.39 is 5.60 Å². The van der Waals surface area contributed by atoms with E-state index in [1.165, 1.54) is 0 Å². The molecule has 5 nitrogen and oxygen atoms in total. The van der Waals surface area contributed by atoms with Crippen LogP contribution in [0.5, 0.6) is 11.5 Å². The first-order chi connectivity index (χ1) is 14.1. The minimum Gasteiger partial charge on any atom is -0.497 e. The first-order valence-electron chi connectivity index (χ1n) is 9.73. The molecule has 0 aliphatic heterocycles. The number of benzene rings is 2. The Morgan fingerprint density at radius 2 is 1.70 bits per heavy atom. The predicted molar refractivity (Wildman–Crippen MR) is 119 cm³/mol. The number of ether oxygens (including phenoxy) is 3. The standard InChI is InChI=1S/C23H27Cl2NO4/c1-23(2,3)30-22(27)26(4)19-12-16(14-8-7-13(28-5)11-17(14)19)15-9-10-18(24)20(25)21(15)29-6/h7-11,16,19H,12H2,1-6H3/t16-,19-/m1/s1. The molecular formula is C23H27Cl2NO4. The molecule has 0 bridgehead atoms. The van der Waals surface area contributed by atoms with Crippen molar-refractivity contribution in [1.82, 2.24) is 4.90 Å². The molecule has 1 aliphatic rings. The Hall–Kier alpha value is -2.11. The Bertz CT molecular complexity index is 955. The zero-order valence-corrected chi connectivity index (χ0v) is 19.6. The molecule has 2 atom stereocenters. The van der Waals surface area contributed by atoms with E-state index in [0.29, 0.717) is 22.2 Å². The van der Waals surface area contributed by atoms with Crippen LogP contribution >= 0.6 is 23.2 Å². The van der Waals surface area contributed by atoms with E-state index in [1.807, 2.05) is 45.0 Å². The lowest BCUT2D eigenvalue weighted by Crippen LogP contribution is -2.36. The Morgan fingerprint density at radius 1 is 1.03 bits per heavy atom. The van der Waals surface area contributed by atoms with Crippen LogP contribution in [-0.2, 0) is 4.74 Å². The monoisotopic (exact) mass is 451 g/mol. The van der Waals surface area contributed by atoms with Crippen molar-refractivity contribution in [3.8, 4) is 11.5 Å². The van der Waals surface area contributed by atoms with Gasteiger partial charge in [0.2, 0.25) is 0 Å². The van der Waals surface area contributed by atoms with Crippen molar-refractivity contribution in [2.24, 2.45) is 0 Å². The third-order valence-corrected chi connectivity index (χ3v) is 6.08. The lowest BCUT2D eigenvalue weighted by atomic mass is 9.92. The number of hydrogen-bond acceptors (Lipinski definition) is 4. The maximum Gasteiger partial charge on any atom is 0.410 e. The van der Waals surface area contributed by atoms with Gasteiger partial charge in [0.1, 0.15) is 22.1 Å². The first-order valence-corrected chi connectivity index (χ1v) is 10.5. The normalized spacial score (nSPS) is 18.0. The Balaban J connectivity index is 2.06. The molecule has 0 aromatic heterocycles. The van der Waals surface area contributed by atoms with Crippen molar-refractivity contribution < 1.29 is 19.0 Å². The minimum atomic E-state index is -0.576. The predicted octanol–water partition coefficient (Wildman–Crippen LogP) is 6.45. The number of nitrogens with zero attached hydrogens (tertiary/aromatic N) is 1. The Morgan fingerprint density at radius 3 is 2.30 bits per heavy atom. The average molecular weight is 452 g/mol. The molecule has 0 N–H and O–H groups in total. The molecule has 3 rings (SSSR count). The summed E-state index contributed by atoms with van der Waals surface area (Å²) in [5.74, 6) is 1.26. The molecule has 0 saturated heterocycles. The van der Waals surface area contributed by atoms with Crippen LogP contribution in [0.2, 0.25) is 10.0 Å². The quantitative estimate of drug-likeness (QED) is 0.535. The van der Waals surface area contributed by atoms with Crippen LogP contribution in [0.4, 0.5) is 4.79 Å². The molecule has 0 spiro atoms. The van der Waals surface area contributed by atoms with Gasteiger partial charge in [-0.05, 0) is 56.5 Å². The van der Waals surface area contributed by atoms with Crippen LogP contribution in [0.15, 0.2) is 30.3 Å². The summed E-state index contributed by atoms with van der Waals surface area (Å²) in [6.45, 7) is 5.56. The maximum absolute atomic E-state index is 12.8. The van der Waals surface area contributed by atoms with Gasteiger partial charge in [0, 0.05) is 18.5 Å². The van der Waals surface area contributed by atoms with Gasteiger partial charge in [-0.25, -0.2) is 4.79 Å². The number of carbonyl (C=O) groups excluding carboxylic acids is 1. The number of halogens is 2. The van der Waals surface area contributed by atoms with Crippen LogP contribution in [0.3, 0.4) is 0 Å². The zero-order chi connectivity index (χ0) is 22.2. The summed E-state index contributed by atoms with van der Waals surface area (Å²) in [6, 6.07) is 9.45. The highest BCUT2D eigenvalue weighted by atomic mass is 35.5. The van der Waals surface area contributed by atoms with Crippen molar-refractivity contribution in [2.45, 2.75) is 44.8 Å². The number of carbonyl (C=O) groups is 1. The van der Waals surface area contributed by atoms with Gasteiger partial charge in [-0.3, -0.25) is 0 Å². The van der Waals surface area contributed by atoms with Gasteiger partial charge in [0.15, 0.2) is 0 Å². The molecule has 0 heterocycles. The molecule has 1 aliphatic carbocycles. The smallest absolute Gasteiger partial charge is 0.410 e. The zero-order valence-electron chi connectivity index (χ0n) is 18.1. The molecule has 7 heteroatoms. The van der Waals surface area contributed by atoms with E-state index in [4.69, 9.17) is 37.4 Å². The molecule has 1 amide bonds. The second-order valence-electron chi connectivity index (χ2n) is 8.37. The van der Waals surface area contributed by atoms with Crippen molar-refractivity contribution in [1.29, 1.82) is 0 Å². The number of fused-ring (bicyclic) bond motifs is 1. The average Bonchev–Trinajstić information content (AvgIpc) is 3.06. The van der Waals surface area contributed by atoms with Gasteiger partial charge in [-0.1, -0.05) is 35.3 Å². The van der Waals surface area contributed by atoms with Crippen molar-refractivity contribution in [3.05, 3.63) is 57.1 Å². The van der Waals surface area contributed by atoms with E-state index in [0.717, 1.165) is 22.4 Å². The van der Waals surface area contributed by atoms with E-state index >= 15 is 0 Å². The van der Waals surface area contributed by atoms with Gasteiger partial charge in [0.05, 0.1) is 25.3 Å². The summed E-state index contributed by atoms with van der Waals surface area (Å²) in [5.41, 5.74) is 2.46. The molecule has 0 radical (unpaired) electrons. The molecule has 0 unspecified atom stereocenters. The van der Waals surface area contributed by atoms with E-state index in [2.05, 4.69) is 0 Å². The van der Waals surface area contributed by atoms with Crippen LogP contribution in [-0.4, -0.2) is 37.9 Å². The van der Waals surface area contributed by atoms with Crippen LogP contribution in [0, 0.1) is 0 Å². The number of hydrogen-bond donors (Lipinski definition) is 0. The molecule has 2 aromatic carbocycles. The highest BCUT2D eigenvalue weighted by Gasteiger charge is 2.39. The third-order valence-electron chi connectivity index (χ3n) is 5.30. The summed E-state index contributed by atoms with van der Waals surface area (Å²) in [7, 11) is 4.97. The third kappa shape index (κ3) is 4.33.